The Kier molecular flexibility index (Phi) is 6.33. The average molecular weight is 346 g/mol. The van der Waals surface area contributed by atoms with Crippen LogP contribution in [0.25, 0.3) is 0 Å². The average Bonchev–Trinajstić information content (AvgIpc) is 2.61. The van der Waals surface area contributed by atoms with Crippen LogP contribution in [0.2, 0.25) is 5.02 Å². The van der Waals surface area contributed by atoms with Crippen molar-refractivity contribution in [1.29, 1.82) is 0 Å². The predicted molar refractivity (Wildman–Crippen MR) is 92.5 cm³/mol. The minimum absolute atomic E-state index is 0.199. The molecule has 0 fully saturated rings. The van der Waals surface area contributed by atoms with Crippen molar-refractivity contribution in [2.45, 2.75) is 0 Å². The summed E-state index contributed by atoms with van der Waals surface area (Å²) in [5, 5.41) is 6.83. The lowest BCUT2D eigenvalue weighted by Gasteiger charge is -2.06. The highest BCUT2D eigenvalue weighted by Gasteiger charge is 2.08. The van der Waals surface area contributed by atoms with Crippen LogP contribution in [0.15, 0.2) is 53.6 Å². The first kappa shape index (κ1) is 17.5. The van der Waals surface area contributed by atoms with E-state index < -0.39 is 5.91 Å². The van der Waals surface area contributed by atoms with Crippen molar-refractivity contribution in [3.63, 3.8) is 0 Å². The molecule has 0 aromatic heterocycles. The molecule has 0 unspecified atom stereocenters. The molecule has 0 atom stereocenters. The third-order valence-corrected chi connectivity index (χ3v) is 3.38. The molecular weight excluding hydrogens is 330 g/mol. The number of nitrogens with one attached hydrogen (secondary N) is 2. The zero-order chi connectivity index (χ0) is 17.4. The highest BCUT2D eigenvalue weighted by molar-refractivity contribution is 6.33. The third kappa shape index (κ3) is 5.10. The Morgan fingerprint density at radius 3 is 2.75 bits per heavy atom. The zero-order valence-electron chi connectivity index (χ0n) is 13.0. The number of ether oxygens (including phenoxy) is 1. The predicted octanol–water partition coefficient (Wildman–Crippen LogP) is 2.23. The van der Waals surface area contributed by atoms with Gasteiger partial charge in [-0.25, -0.2) is 5.43 Å². The first-order valence-corrected chi connectivity index (χ1v) is 7.46. The van der Waals surface area contributed by atoms with Crippen molar-refractivity contribution in [2.24, 2.45) is 5.10 Å². The van der Waals surface area contributed by atoms with Gasteiger partial charge >= 0.3 is 0 Å². The number of amides is 2. The van der Waals surface area contributed by atoms with Gasteiger partial charge in [0.15, 0.2) is 0 Å². The fourth-order valence-electron chi connectivity index (χ4n) is 1.82. The SMILES string of the molecule is COc1cccc(C(=O)NCC(=O)N/N=C/c2ccccc2Cl)c1. The van der Waals surface area contributed by atoms with Gasteiger partial charge in [-0.1, -0.05) is 35.9 Å². The maximum Gasteiger partial charge on any atom is 0.259 e. The van der Waals surface area contributed by atoms with Crippen molar-refractivity contribution in [3.8, 4) is 5.75 Å². The Labute approximate surface area is 144 Å². The van der Waals surface area contributed by atoms with E-state index in [4.69, 9.17) is 16.3 Å². The van der Waals surface area contributed by atoms with Crippen LogP contribution in [0, 0.1) is 0 Å². The lowest BCUT2D eigenvalue weighted by atomic mass is 10.2. The normalized spacial score (nSPS) is 10.4. The maximum atomic E-state index is 12.0. The van der Waals surface area contributed by atoms with Gasteiger partial charge in [0.05, 0.1) is 19.9 Å². The van der Waals surface area contributed by atoms with Crippen LogP contribution in [0.4, 0.5) is 0 Å². The van der Waals surface area contributed by atoms with E-state index in [2.05, 4.69) is 15.8 Å². The molecule has 2 N–H and O–H groups in total. The second-order valence-electron chi connectivity index (χ2n) is 4.73. The van der Waals surface area contributed by atoms with Crippen LogP contribution in [-0.4, -0.2) is 31.7 Å². The van der Waals surface area contributed by atoms with Crippen molar-refractivity contribution >= 4 is 29.6 Å². The summed E-state index contributed by atoms with van der Waals surface area (Å²) in [6.07, 6.45) is 1.43. The number of nitrogens with zero attached hydrogens (tertiary/aromatic N) is 1. The highest BCUT2D eigenvalue weighted by Crippen LogP contribution is 2.12. The van der Waals surface area contributed by atoms with E-state index in [1.807, 2.05) is 6.07 Å². The van der Waals surface area contributed by atoms with Gasteiger partial charge < -0.3 is 10.1 Å². The summed E-state index contributed by atoms with van der Waals surface area (Å²) in [7, 11) is 1.52. The molecule has 124 valence electrons. The Morgan fingerprint density at radius 2 is 2.00 bits per heavy atom. The fourth-order valence-corrected chi connectivity index (χ4v) is 2.00. The maximum absolute atomic E-state index is 12.0. The lowest BCUT2D eigenvalue weighted by molar-refractivity contribution is -0.120. The van der Waals surface area contributed by atoms with Crippen molar-refractivity contribution < 1.29 is 14.3 Å². The summed E-state index contributed by atoms with van der Waals surface area (Å²) >= 11 is 5.96. The minimum Gasteiger partial charge on any atom is -0.497 e. The van der Waals surface area contributed by atoms with E-state index >= 15 is 0 Å². The van der Waals surface area contributed by atoms with Crippen LogP contribution >= 0.6 is 11.6 Å². The first-order valence-electron chi connectivity index (χ1n) is 7.09. The molecule has 0 spiro atoms. The van der Waals surface area contributed by atoms with Crippen molar-refractivity contribution in [3.05, 3.63) is 64.7 Å². The molecule has 24 heavy (non-hydrogen) atoms. The number of hydrazone groups is 1. The molecule has 6 nitrogen and oxygen atoms in total. The van der Waals surface area contributed by atoms with Gasteiger partial charge in [0.1, 0.15) is 5.75 Å². The van der Waals surface area contributed by atoms with Crippen molar-refractivity contribution in [1.82, 2.24) is 10.7 Å². The Bertz CT molecular complexity index is 762. The van der Waals surface area contributed by atoms with E-state index in [1.54, 1.807) is 42.5 Å². The van der Waals surface area contributed by atoms with E-state index in [0.29, 0.717) is 21.9 Å². The van der Waals surface area contributed by atoms with Crippen LogP contribution in [0.1, 0.15) is 15.9 Å². The Balaban J connectivity index is 1.82. The van der Waals surface area contributed by atoms with Crippen LogP contribution in [0.3, 0.4) is 0 Å². The van der Waals surface area contributed by atoms with Crippen LogP contribution in [0.5, 0.6) is 5.75 Å². The molecule has 0 aliphatic heterocycles. The number of hydrogen-bond acceptors (Lipinski definition) is 4. The molecular formula is C17H16ClN3O3. The molecule has 2 rings (SSSR count). The molecule has 2 aromatic rings. The lowest BCUT2D eigenvalue weighted by Crippen LogP contribution is -2.34. The number of halogens is 1. The molecule has 7 heteroatoms. The van der Waals surface area contributed by atoms with E-state index in [-0.39, 0.29) is 12.5 Å². The molecule has 0 bridgehead atoms. The monoisotopic (exact) mass is 345 g/mol. The number of carbonyl (C=O) groups is 2. The topological polar surface area (TPSA) is 79.8 Å². The second-order valence-corrected chi connectivity index (χ2v) is 5.14. The van der Waals surface area contributed by atoms with Gasteiger partial charge in [-0.3, -0.25) is 9.59 Å². The molecule has 0 saturated carbocycles. The van der Waals surface area contributed by atoms with Crippen molar-refractivity contribution in [2.75, 3.05) is 13.7 Å². The Morgan fingerprint density at radius 1 is 1.21 bits per heavy atom. The van der Waals surface area contributed by atoms with E-state index in [9.17, 15) is 9.59 Å². The number of rotatable bonds is 6. The van der Waals surface area contributed by atoms with Gasteiger partial charge in [0, 0.05) is 16.1 Å². The molecule has 0 aliphatic rings. The van der Waals surface area contributed by atoms with Crippen LogP contribution in [-0.2, 0) is 4.79 Å². The minimum atomic E-state index is -0.449. The molecule has 0 radical (unpaired) electrons. The summed E-state index contributed by atoms with van der Waals surface area (Å²) < 4.78 is 5.05. The molecule has 2 aromatic carbocycles. The summed E-state index contributed by atoms with van der Waals surface area (Å²) in [6, 6.07) is 13.7. The number of benzene rings is 2. The number of carbonyl (C=O) groups excluding carboxylic acids is 2. The summed E-state index contributed by atoms with van der Waals surface area (Å²) in [5.74, 6) is -0.259. The molecule has 0 aliphatic carbocycles. The summed E-state index contributed by atoms with van der Waals surface area (Å²) in [5.41, 5.74) is 3.41. The largest absolute Gasteiger partial charge is 0.497 e. The molecule has 0 heterocycles. The highest BCUT2D eigenvalue weighted by atomic mass is 35.5. The zero-order valence-corrected chi connectivity index (χ0v) is 13.7. The fraction of sp³-hybridized carbons (Fsp3) is 0.118. The first-order chi connectivity index (χ1) is 11.6. The quantitative estimate of drug-likeness (QED) is 0.622. The van der Waals surface area contributed by atoms with E-state index in [1.165, 1.54) is 13.3 Å². The summed E-state index contributed by atoms with van der Waals surface area (Å²) in [4.78, 5) is 23.6. The Hall–Kier alpha value is -2.86. The van der Waals surface area contributed by atoms with Gasteiger partial charge in [0.2, 0.25) is 0 Å². The summed E-state index contributed by atoms with van der Waals surface area (Å²) in [6.45, 7) is -0.199. The van der Waals surface area contributed by atoms with Gasteiger partial charge in [0.25, 0.3) is 11.8 Å². The van der Waals surface area contributed by atoms with Gasteiger partial charge in [-0.15, -0.1) is 0 Å². The van der Waals surface area contributed by atoms with E-state index in [0.717, 1.165) is 0 Å². The molecule has 2 amide bonds. The van der Waals surface area contributed by atoms with Crippen LogP contribution < -0.4 is 15.5 Å². The number of hydrogen-bond donors (Lipinski definition) is 2. The van der Waals surface area contributed by atoms with Gasteiger partial charge in [-0.2, -0.15) is 5.10 Å². The molecule has 0 saturated heterocycles. The third-order valence-electron chi connectivity index (χ3n) is 3.04. The smallest absolute Gasteiger partial charge is 0.259 e. The number of methoxy groups -OCH3 is 1. The standard InChI is InChI=1S/C17H16ClN3O3/c1-24-14-7-4-6-12(9-14)17(23)19-11-16(22)21-20-10-13-5-2-3-8-15(13)18/h2-10H,11H2,1H3,(H,19,23)(H,21,22)/b20-10+. The second kappa shape index (κ2) is 8.69. The van der Waals surface area contributed by atoms with Gasteiger partial charge in [-0.05, 0) is 24.3 Å².